The number of hydrogen-bond acceptors (Lipinski definition) is 2. The Bertz CT molecular complexity index is 187. The van der Waals surface area contributed by atoms with E-state index in [0.717, 1.165) is 32.1 Å². The Morgan fingerprint density at radius 1 is 1.00 bits per heavy atom. The number of unbranched alkanes of at least 4 members (excludes halogenated alkanes) is 5. The molecule has 0 rings (SSSR count). The van der Waals surface area contributed by atoms with Crippen molar-refractivity contribution in [3.63, 3.8) is 0 Å². The molecule has 0 bridgehead atoms. The van der Waals surface area contributed by atoms with Crippen molar-refractivity contribution in [1.82, 2.24) is 0 Å². The number of rotatable bonds is 7. The van der Waals surface area contributed by atoms with Gasteiger partial charge in [-0.05, 0) is 6.42 Å². The van der Waals surface area contributed by atoms with Crippen LogP contribution in [-0.2, 0) is 10.2 Å². The molecule has 0 amide bonds. The lowest BCUT2D eigenvalue weighted by Crippen LogP contribution is -1.97. The summed E-state index contributed by atoms with van der Waals surface area (Å²) in [5, 5.41) is 0. The van der Waals surface area contributed by atoms with E-state index in [2.05, 4.69) is 6.92 Å². The lowest BCUT2D eigenvalue weighted by atomic mass is 10.1. The van der Waals surface area contributed by atoms with Crippen LogP contribution in [0.25, 0.3) is 0 Å². The summed E-state index contributed by atoms with van der Waals surface area (Å²) >= 11 is 0. The van der Waals surface area contributed by atoms with Gasteiger partial charge in [0.15, 0.2) is 0 Å². The summed E-state index contributed by atoms with van der Waals surface area (Å²) in [5.41, 5.74) is 0. The molecule has 0 aliphatic carbocycles. The summed E-state index contributed by atoms with van der Waals surface area (Å²) in [4.78, 5) is 0. The van der Waals surface area contributed by atoms with Gasteiger partial charge in [0.25, 0.3) is 0 Å². The lowest BCUT2D eigenvalue weighted by Gasteiger charge is -1.97. The van der Waals surface area contributed by atoms with Crippen molar-refractivity contribution in [2.45, 2.75) is 38.5 Å². The fourth-order valence-corrected chi connectivity index (χ4v) is 1.53. The molecule has 0 aromatic rings. The molecular formula is C8H16FO2S. The lowest BCUT2D eigenvalue weighted by molar-refractivity contribution is 0.544. The van der Waals surface area contributed by atoms with E-state index in [9.17, 15) is 12.3 Å². The SMILES string of the molecule is [CH2]CCCCCCCS(=O)(=O)F. The molecule has 0 spiro atoms. The maximum atomic E-state index is 11.9. The van der Waals surface area contributed by atoms with Crippen LogP contribution in [0.2, 0.25) is 0 Å². The van der Waals surface area contributed by atoms with Crippen LogP contribution in [0.5, 0.6) is 0 Å². The highest BCUT2D eigenvalue weighted by Crippen LogP contribution is 2.06. The first kappa shape index (κ1) is 11.9. The molecule has 0 atom stereocenters. The van der Waals surface area contributed by atoms with Crippen LogP contribution in [0.15, 0.2) is 0 Å². The molecule has 0 aliphatic rings. The summed E-state index contributed by atoms with van der Waals surface area (Å²) in [6.07, 6.45) is 5.27. The van der Waals surface area contributed by atoms with E-state index in [1.165, 1.54) is 0 Å². The van der Waals surface area contributed by atoms with Crippen molar-refractivity contribution in [1.29, 1.82) is 0 Å². The fourth-order valence-electron chi connectivity index (χ4n) is 0.982. The quantitative estimate of drug-likeness (QED) is 0.462. The van der Waals surface area contributed by atoms with E-state index in [0.29, 0.717) is 6.42 Å². The first-order valence-electron chi connectivity index (χ1n) is 4.28. The topological polar surface area (TPSA) is 34.1 Å². The Morgan fingerprint density at radius 3 is 2.00 bits per heavy atom. The van der Waals surface area contributed by atoms with Gasteiger partial charge in [-0.25, -0.2) is 0 Å². The smallest absolute Gasteiger partial charge is 0.195 e. The molecule has 0 aromatic carbocycles. The number of hydrogen-bond donors (Lipinski definition) is 0. The third-order valence-electron chi connectivity index (χ3n) is 1.64. The van der Waals surface area contributed by atoms with Crippen molar-refractivity contribution in [3.05, 3.63) is 6.92 Å². The van der Waals surface area contributed by atoms with Crippen LogP contribution in [-0.4, -0.2) is 14.2 Å². The van der Waals surface area contributed by atoms with Crippen LogP contribution >= 0.6 is 0 Å². The zero-order chi connectivity index (χ0) is 9.45. The summed E-state index contributed by atoms with van der Waals surface area (Å²) in [6.45, 7) is 3.69. The molecule has 73 valence electrons. The van der Waals surface area contributed by atoms with Crippen molar-refractivity contribution >= 4 is 10.2 Å². The third kappa shape index (κ3) is 9.88. The minimum absolute atomic E-state index is 0.322. The third-order valence-corrected chi connectivity index (χ3v) is 2.41. The van der Waals surface area contributed by atoms with Gasteiger partial charge in [-0.1, -0.05) is 39.0 Å². The largest absolute Gasteiger partial charge is 0.302 e. The average molecular weight is 195 g/mol. The Balaban J connectivity index is 3.12. The van der Waals surface area contributed by atoms with Gasteiger partial charge in [0.1, 0.15) is 0 Å². The maximum absolute atomic E-state index is 11.9. The van der Waals surface area contributed by atoms with Crippen LogP contribution in [0.3, 0.4) is 0 Å². The first-order chi connectivity index (χ1) is 5.56. The van der Waals surface area contributed by atoms with E-state index >= 15 is 0 Å². The molecule has 1 radical (unpaired) electrons. The molecule has 2 nitrogen and oxygen atoms in total. The summed E-state index contributed by atoms with van der Waals surface area (Å²) in [5.74, 6) is -0.322. The van der Waals surface area contributed by atoms with Gasteiger partial charge in [0, 0.05) is 0 Å². The highest BCUT2D eigenvalue weighted by Gasteiger charge is 2.04. The van der Waals surface area contributed by atoms with Crippen molar-refractivity contribution in [2.75, 3.05) is 5.75 Å². The van der Waals surface area contributed by atoms with Gasteiger partial charge in [-0.3, -0.25) is 0 Å². The predicted molar refractivity (Wildman–Crippen MR) is 48.0 cm³/mol. The van der Waals surface area contributed by atoms with Gasteiger partial charge < -0.3 is 0 Å². The highest BCUT2D eigenvalue weighted by atomic mass is 32.3. The summed E-state index contributed by atoms with van der Waals surface area (Å²) < 4.78 is 32.0. The molecule has 4 heteroatoms. The summed E-state index contributed by atoms with van der Waals surface area (Å²) in [6, 6.07) is 0. The highest BCUT2D eigenvalue weighted by molar-refractivity contribution is 7.86. The predicted octanol–water partition coefficient (Wildman–Crippen LogP) is 2.46. The average Bonchev–Trinajstić information content (AvgIpc) is 1.94. The molecule has 0 heterocycles. The molecular weight excluding hydrogens is 179 g/mol. The molecule has 0 aliphatic heterocycles. The Hall–Kier alpha value is -0.120. The van der Waals surface area contributed by atoms with Crippen molar-refractivity contribution in [3.8, 4) is 0 Å². The summed E-state index contributed by atoms with van der Waals surface area (Å²) in [7, 11) is -4.23. The number of halogens is 1. The zero-order valence-corrected chi connectivity index (χ0v) is 8.08. The van der Waals surface area contributed by atoms with Gasteiger partial charge in [0.2, 0.25) is 0 Å². The molecule has 0 saturated heterocycles. The van der Waals surface area contributed by atoms with Crippen LogP contribution in [0.4, 0.5) is 3.89 Å². The van der Waals surface area contributed by atoms with Gasteiger partial charge >= 0.3 is 10.2 Å². The normalized spacial score (nSPS) is 11.8. The second kappa shape index (κ2) is 6.40. The molecule has 0 saturated carbocycles. The van der Waals surface area contributed by atoms with Gasteiger partial charge in [-0.2, -0.15) is 8.42 Å². The Kier molecular flexibility index (Phi) is 6.34. The second-order valence-electron chi connectivity index (χ2n) is 2.86. The van der Waals surface area contributed by atoms with Gasteiger partial charge in [-0.15, -0.1) is 3.89 Å². The molecule has 0 fully saturated rings. The fraction of sp³-hybridized carbons (Fsp3) is 0.875. The first-order valence-corrected chi connectivity index (χ1v) is 5.83. The van der Waals surface area contributed by atoms with E-state index in [1.54, 1.807) is 0 Å². The van der Waals surface area contributed by atoms with Crippen LogP contribution < -0.4 is 0 Å². The zero-order valence-electron chi connectivity index (χ0n) is 7.26. The van der Waals surface area contributed by atoms with Crippen molar-refractivity contribution in [2.24, 2.45) is 0 Å². The molecule has 0 N–H and O–H groups in total. The van der Waals surface area contributed by atoms with E-state index < -0.39 is 10.2 Å². The standard InChI is InChI=1S/C8H16FO2S/c1-2-3-4-5-6-7-8-12(9,10)11/h1-8H2. The minimum Gasteiger partial charge on any atom is -0.195 e. The van der Waals surface area contributed by atoms with E-state index in [1.807, 2.05) is 0 Å². The monoisotopic (exact) mass is 195 g/mol. The van der Waals surface area contributed by atoms with E-state index in [-0.39, 0.29) is 5.75 Å². The second-order valence-corrected chi connectivity index (χ2v) is 4.35. The van der Waals surface area contributed by atoms with Crippen LogP contribution in [0, 0.1) is 6.92 Å². The Morgan fingerprint density at radius 2 is 1.50 bits per heavy atom. The Labute approximate surface area is 74.4 Å². The van der Waals surface area contributed by atoms with E-state index in [4.69, 9.17) is 0 Å². The van der Waals surface area contributed by atoms with Crippen molar-refractivity contribution < 1.29 is 12.3 Å². The molecule has 0 aromatic heterocycles. The minimum atomic E-state index is -4.23. The molecule has 12 heavy (non-hydrogen) atoms. The molecule has 0 unspecified atom stereocenters. The van der Waals surface area contributed by atoms with Gasteiger partial charge in [0.05, 0.1) is 5.75 Å². The maximum Gasteiger partial charge on any atom is 0.302 e. The van der Waals surface area contributed by atoms with Crippen LogP contribution in [0.1, 0.15) is 38.5 Å².